The van der Waals surface area contributed by atoms with Crippen LogP contribution in [0.3, 0.4) is 0 Å². The second-order valence-electron chi connectivity index (χ2n) is 10.5. The van der Waals surface area contributed by atoms with Crippen molar-refractivity contribution in [3.05, 3.63) is 71.3 Å². The third-order valence-corrected chi connectivity index (χ3v) is 8.11. The Morgan fingerprint density at radius 3 is 2.42 bits per heavy atom. The first-order valence-corrected chi connectivity index (χ1v) is 14.1. The number of benzene rings is 2. The fourth-order valence-electron chi connectivity index (χ4n) is 5.81. The minimum Gasteiger partial charge on any atom is -0.497 e. The smallest absolute Gasteiger partial charge is 0.410 e. The zero-order chi connectivity index (χ0) is 27.0. The monoisotopic (exact) mass is 518 g/mol. The molecule has 38 heavy (non-hydrogen) atoms. The third kappa shape index (κ3) is 6.77. The summed E-state index contributed by atoms with van der Waals surface area (Å²) < 4.78 is 11.1. The summed E-state index contributed by atoms with van der Waals surface area (Å²) in [5, 5.41) is 0. The maximum Gasteiger partial charge on any atom is 0.410 e. The third-order valence-electron chi connectivity index (χ3n) is 8.11. The van der Waals surface area contributed by atoms with E-state index in [2.05, 4.69) is 18.2 Å². The van der Waals surface area contributed by atoms with E-state index in [4.69, 9.17) is 9.47 Å². The molecule has 2 aromatic carbocycles. The number of methoxy groups -OCH3 is 1. The van der Waals surface area contributed by atoms with Crippen molar-refractivity contribution in [1.29, 1.82) is 0 Å². The van der Waals surface area contributed by atoms with Gasteiger partial charge in [-0.05, 0) is 92.2 Å². The molecule has 1 heterocycles. The first-order valence-electron chi connectivity index (χ1n) is 14.1. The molecule has 1 aliphatic carbocycles. The maximum atomic E-state index is 12.7. The van der Waals surface area contributed by atoms with Crippen LogP contribution in [0.15, 0.2) is 54.6 Å². The van der Waals surface area contributed by atoms with Gasteiger partial charge in [0.1, 0.15) is 12.4 Å². The lowest BCUT2D eigenvalue weighted by atomic mass is 9.67. The summed E-state index contributed by atoms with van der Waals surface area (Å²) in [5.41, 5.74) is 5.02. The summed E-state index contributed by atoms with van der Waals surface area (Å²) in [6.45, 7) is 7.30. The minimum atomic E-state index is -0.230. The van der Waals surface area contributed by atoms with Crippen molar-refractivity contribution in [2.24, 2.45) is 5.41 Å². The highest BCUT2D eigenvalue weighted by molar-refractivity contribution is 5.76. The average molecular weight is 519 g/mol. The lowest BCUT2D eigenvalue weighted by Gasteiger charge is -2.43. The second-order valence-corrected chi connectivity index (χ2v) is 10.5. The van der Waals surface area contributed by atoms with Crippen LogP contribution in [0.25, 0.3) is 5.57 Å². The molecule has 1 aliphatic heterocycles. The molecule has 0 aromatic heterocycles. The standard InChI is InChI=1S/C32H42N2O4/c1-4-33(5-2)30(35)14-10-9-13-26-22-32(23-27-15-16-28(37-3)21-29(26)27)17-19-34(20-18-32)31(36)38-24-25-11-7-6-8-12-25/h6-8,11-12,15-16,21-22H,4-5,9-10,13-14,17-20,23-24H2,1-3H3. The molecular weight excluding hydrogens is 476 g/mol. The van der Waals surface area contributed by atoms with Crippen LogP contribution >= 0.6 is 0 Å². The van der Waals surface area contributed by atoms with E-state index in [0.29, 0.717) is 26.1 Å². The molecular formula is C32H42N2O4. The van der Waals surface area contributed by atoms with Gasteiger partial charge in [0.2, 0.25) is 5.91 Å². The van der Waals surface area contributed by atoms with E-state index < -0.39 is 0 Å². The van der Waals surface area contributed by atoms with Crippen LogP contribution in [0.2, 0.25) is 0 Å². The van der Waals surface area contributed by atoms with Crippen LogP contribution in [-0.2, 0) is 22.6 Å². The lowest BCUT2D eigenvalue weighted by Crippen LogP contribution is -2.44. The molecule has 6 heteroatoms. The number of amides is 2. The molecule has 4 rings (SSSR count). The Morgan fingerprint density at radius 1 is 1.00 bits per heavy atom. The normalized spacial score (nSPS) is 16.0. The van der Waals surface area contributed by atoms with E-state index in [1.54, 1.807) is 7.11 Å². The van der Waals surface area contributed by atoms with Gasteiger partial charge in [0.25, 0.3) is 0 Å². The van der Waals surface area contributed by atoms with Gasteiger partial charge in [0.05, 0.1) is 7.11 Å². The van der Waals surface area contributed by atoms with Crippen LogP contribution < -0.4 is 4.74 Å². The van der Waals surface area contributed by atoms with Crippen molar-refractivity contribution in [3.63, 3.8) is 0 Å². The summed E-state index contributed by atoms with van der Waals surface area (Å²) >= 11 is 0. The van der Waals surface area contributed by atoms with Gasteiger partial charge in [0, 0.05) is 32.6 Å². The lowest BCUT2D eigenvalue weighted by molar-refractivity contribution is -0.130. The van der Waals surface area contributed by atoms with E-state index >= 15 is 0 Å². The number of hydrogen-bond acceptors (Lipinski definition) is 4. The number of rotatable bonds is 10. The van der Waals surface area contributed by atoms with Gasteiger partial charge in [-0.3, -0.25) is 4.79 Å². The number of nitrogens with zero attached hydrogens (tertiary/aromatic N) is 2. The van der Waals surface area contributed by atoms with E-state index in [1.165, 1.54) is 16.7 Å². The highest BCUT2D eigenvalue weighted by Crippen LogP contribution is 2.46. The highest BCUT2D eigenvalue weighted by atomic mass is 16.6. The van der Waals surface area contributed by atoms with Crippen LogP contribution in [-0.4, -0.2) is 55.1 Å². The minimum absolute atomic E-state index is 0.0458. The molecule has 0 saturated carbocycles. The van der Waals surface area contributed by atoms with Crippen LogP contribution in [0.4, 0.5) is 4.79 Å². The fraction of sp³-hybridized carbons (Fsp3) is 0.500. The summed E-state index contributed by atoms with van der Waals surface area (Å²) in [4.78, 5) is 28.9. The topological polar surface area (TPSA) is 59.1 Å². The number of carbonyl (C=O) groups excluding carboxylic acids is 2. The average Bonchev–Trinajstić information content (AvgIpc) is 2.95. The predicted octanol–water partition coefficient (Wildman–Crippen LogP) is 6.48. The first kappa shape index (κ1) is 27.7. The zero-order valence-corrected chi connectivity index (χ0v) is 23.2. The SMILES string of the molecule is CCN(CC)C(=O)CCCCC1=CC2(CCN(C(=O)OCc3ccccc3)CC2)Cc2ccc(OC)cc21. The van der Waals surface area contributed by atoms with Crippen molar-refractivity contribution in [2.45, 2.75) is 65.4 Å². The second kappa shape index (κ2) is 13.0. The number of likely N-dealkylation sites (tertiary alicyclic amines) is 1. The number of carbonyl (C=O) groups is 2. The van der Waals surface area contributed by atoms with Crippen molar-refractivity contribution in [1.82, 2.24) is 9.80 Å². The highest BCUT2D eigenvalue weighted by Gasteiger charge is 2.38. The molecule has 204 valence electrons. The molecule has 6 nitrogen and oxygen atoms in total. The van der Waals surface area contributed by atoms with Gasteiger partial charge in [-0.25, -0.2) is 4.79 Å². The Kier molecular flexibility index (Phi) is 9.48. The summed E-state index contributed by atoms with van der Waals surface area (Å²) in [6.07, 6.45) is 8.47. The van der Waals surface area contributed by atoms with Crippen molar-refractivity contribution >= 4 is 17.6 Å². The molecule has 1 fully saturated rings. The number of piperidine rings is 1. The van der Waals surface area contributed by atoms with Gasteiger partial charge in [0.15, 0.2) is 0 Å². The van der Waals surface area contributed by atoms with Crippen LogP contribution in [0, 0.1) is 5.41 Å². The Balaban J connectivity index is 1.40. The first-order chi connectivity index (χ1) is 18.5. The molecule has 0 bridgehead atoms. The Hall–Kier alpha value is -3.28. The predicted molar refractivity (Wildman–Crippen MR) is 151 cm³/mol. The number of fused-ring (bicyclic) bond motifs is 1. The van der Waals surface area contributed by atoms with Gasteiger partial charge < -0.3 is 19.3 Å². The molecule has 2 amide bonds. The van der Waals surface area contributed by atoms with E-state index in [-0.39, 0.29) is 17.4 Å². The van der Waals surface area contributed by atoms with Gasteiger partial charge in [-0.15, -0.1) is 0 Å². The summed E-state index contributed by atoms with van der Waals surface area (Å²) in [5.74, 6) is 1.12. The van der Waals surface area contributed by atoms with Crippen molar-refractivity contribution in [3.8, 4) is 5.75 Å². The molecule has 1 saturated heterocycles. The van der Waals surface area contributed by atoms with Gasteiger partial charge in [-0.2, -0.15) is 0 Å². The molecule has 0 radical (unpaired) electrons. The van der Waals surface area contributed by atoms with Gasteiger partial charge in [-0.1, -0.05) is 42.5 Å². The number of ether oxygens (including phenoxy) is 2. The summed E-state index contributed by atoms with van der Waals surface area (Å²) in [7, 11) is 1.71. The Morgan fingerprint density at radius 2 is 1.74 bits per heavy atom. The number of unbranched alkanes of at least 4 members (excludes halogenated alkanes) is 1. The number of hydrogen-bond donors (Lipinski definition) is 0. The largest absolute Gasteiger partial charge is 0.497 e. The van der Waals surface area contributed by atoms with Crippen LogP contribution in [0.1, 0.15) is 69.1 Å². The van der Waals surface area contributed by atoms with E-state index in [1.807, 2.05) is 60.0 Å². The Labute approximate surface area is 227 Å². The Bertz CT molecular complexity index is 1120. The fourth-order valence-corrected chi connectivity index (χ4v) is 5.81. The van der Waals surface area contributed by atoms with E-state index in [0.717, 1.165) is 62.9 Å². The summed E-state index contributed by atoms with van der Waals surface area (Å²) in [6, 6.07) is 16.2. The van der Waals surface area contributed by atoms with Crippen LogP contribution in [0.5, 0.6) is 5.75 Å². The molecule has 0 atom stereocenters. The van der Waals surface area contributed by atoms with Crippen molar-refractivity contribution in [2.75, 3.05) is 33.3 Å². The molecule has 2 aromatic rings. The number of allylic oxidation sites excluding steroid dienone is 2. The molecule has 0 unspecified atom stereocenters. The zero-order valence-electron chi connectivity index (χ0n) is 23.2. The molecule has 2 aliphatic rings. The molecule has 0 N–H and O–H groups in total. The van der Waals surface area contributed by atoms with Gasteiger partial charge >= 0.3 is 6.09 Å². The van der Waals surface area contributed by atoms with Crippen molar-refractivity contribution < 1.29 is 19.1 Å². The quantitative estimate of drug-likeness (QED) is 0.338. The molecule has 1 spiro atoms. The van der Waals surface area contributed by atoms with E-state index in [9.17, 15) is 9.59 Å². The maximum absolute atomic E-state index is 12.7.